The van der Waals surface area contributed by atoms with Gasteiger partial charge in [0.2, 0.25) is 0 Å². The number of carboxylic acids is 1. The lowest BCUT2D eigenvalue weighted by molar-refractivity contribution is 0.0689. The van der Waals surface area contributed by atoms with Crippen LogP contribution in [0, 0.1) is 12.8 Å². The summed E-state index contributed by atoms with van der Waals surface area (Å²) in [5, 5.41) is 20.6. The third kappa shape index (κ3) is 2.78. The molecule has 2 heterocycles. The molecule has 0 amide bonds. The van der Waals surface area contributed by atoms with Gasteiger partial charge in [-0.25, -0.2) is 19.1 Å². The number of hydrogen-bond acceptors (Lipinski definition) is 5. The van der Waals surface area contributed by atoms with Gasteiger partial charge in [0.05, 0.1) is 5.69 Å². The van der Waals surface area contributed by atoms with E-state index in [1.807, 2.05) is 0 Å². The van der Waals surface area contributed by atoms with E-state index in [9.17, 15) is 4.79 Å². The highest BCUT2D eigenvalue weighted by Gasteiger charge is 2.16. The van der Waals surface area contributed by atoms with Gasteiger partial charge in [0.25, 0.3) is 0 Å². The average molecular weight is 264 g/mol. The third-order valence-electron chi connectivity index (χ3n) is 2.71. The molecule has 0 aliphatic carbocycles. The zero-order chi connectivity index (χ0) is 14.0. The Labute approximate surface area is 110 Å². The number of hydrogen-bond donors (Lipinski definition) is 1. The summed E-state index contributed by atoms with van der Waals surface area (Å²) >= 11 is 0. The average Bonchev–Trinajstić information content (AvgIpc) is 2.88. The molecule has 0 unspecified atom stereocenters. The topological polar surface area (TPSA) is 98.7 Å². The van der Waals surface area contributed by atoms with Crippen LogP contribution in [0.2, 0.25) is 0 Å². The molecule has 1 N–H and O–H groups in total. The second-order valence-corrected chi connectivity index (χ2v) is 4.74. The molecular weight excluding hydrogens is 248 g/mol. The molecule has 0 aliphatic rings. The minimum atomic E-state index is -1.08. The Morgan fingerprint density at radius 1 is 1.42 bits per heavy atom. The van der Waals surface area contributed by atoms with Crippen molar-refractivity contribution in [1.29, 1.82) is 0 Å². The van der Waals surface area contributed by atoms with Crippen molar-refractivity contribution in [2.24, 2.45) is 5.92 Å². The fraction of sp³-hybridized carbons (Fsp3) is 0.545. The molecule has 0 radical (unpaired) electrons. The summed E-state index contributed by atoms with van der Waals surface area (Å²) in [7, 11) is 0. The van der Waals surface area contributed by atoms with Crippen molar-refractivity contribution in [3.8, 4) is 0 Å². The maximum absolute atomic E-state index is 10.9. The molecule has 8 heteroatoms. The van der Waals surface area contributed by atoms with Gasteiger partial charge >= 0.3 is 5.97 Å². The Hall–Kier alpha value is -2.25. The summed E-state index contributed by atoms with van der Waals surface area (Å²) in [6.07, 6.45) is 1.49. The van der Waals surface area contributed by atoms with E-state index in [-0.39, 0.29) is 5.69 Å². The van der Waals surface area contributed by atoms with E-state index in [4.69, 9.17) is 5.11 Å². The molecular formula is C11H16N6O2. The van der Waals surface area contributed by atoms with Crippen molar-refractivity contribution in [3.05, 3.63) is 23.5 Å². The Bertz CT molecular complexity index is 586. The number of aromatic nitrogens is 6. The van der Waals surface area contributed by atoms with E-state index < -0.39 is 5.97 Å². The van der Waals surface area contributed by atoms with Gasteiger partial charge in [-0.3, -0.25) is 0 Å². The molecule has 102 valence electrons. The lowest BCUT2D eigenvalue weighted by Gasteiger charge is -2.08. The van der Waals surface area contributed by atoms with E-state index in [0.717, 1.165) is 12.4 Å². The number of rotatable bonds is 5. The maximum Gasteiger partial charge on any atom is 0.358 e. The summed E-state index contributed by atoms with van der Waals surface area (Å²) in [6, 6.07) is 0. The molecule has 0 saturated carbocycles. The lowest BCUT2D eigenvalue weighted by atomic mass is 10.2. The van der Waals surface area contributed by atoms with Crippen molar-refractivity contribution in [3.63, 3.8) is 0 Å². The predicted octanol–water partition coefficient (Wildman–Crippen LogP) is 0.581. The van der Waals surface area contributed by atoms with E-state index in [1.165, 1.54) is 11.0 Å². The standard InChI is InChI=1S/C11H16N6O2/c1-7(2)4-17-9(12-6-13-17)5-16-8(3)10(11(18)19)14-15-16/h6-7H,4-5H2,1-3H3,(H,18,19). The molecule has 0 bridgehead atoms. The third-order valence-corrected chi connectivity index (χ3v) is 2.71. The first-order chi connectivity index (χ1) is 8.99. The molecule has 0 aromatic carbocycles. The first-order valence-corrected chi connectivity index (χ1v) is 5.99. The van der Waals surface area contributed by atoms with Gasteiger partial charge in [0, 0.05) is 6.54 Å². The highest BCUT2D eigenvalue weighted by Crippen LogP contribution is 2.07. The highest BCUT2D eigenvalue weighted by atomic mass is 16.4. The zero-order valence-corrected chi connectivity index (χ0v) is 11.1. The summed E-state index contributed by atoms with van der Waals surface area (Å²) in [5.74, 6) is 0.109. The van der Waals surface area contributed by atoms with E-state index >= 15 is 0 Å². The predicted molar refractivity (Wildman–Crippen MR) is 65.7 cm³/mol. The molecule has 2 aromatic rings. The SMILES string of the molecule is Cc1c(C(=O)O)nnn1Cc1ncnn1CC(C)C. The van der Waals surface area contributed by atoms with Gasteiger partial charge in [-0.15, -0.1) is 5.10 Å². The summed E-state index contributed by atoms with van der Waals surface area (Å²) < 4.78 is 3.32. The summed E-state index contributed by atoms with van der Waals surface area (Å²) in [5.41, 5.74) is 0.474. The summed E-state index contributed by atoms with van der Waals surface area (Å²) in [6.45, 7) is 6.98. The van der Waals surface area contributed by atoms with Gasteiger partial charge in [0.15, 0.2) is 5.69 Å². The minimum Gasteiger partial charge on any atom is -0.476 e. The first kappa shape index (κ1) is 13.2. The molecule has 0 atom stereocenters. The van der Waals surface area contributed by atoms with Crippen molar-refractivity contribution in [1.82, 2.24) is 29.8 Å². The second-order valence-electron chi connectivity index (χ2n) is 4.74. The monoisotopic (exact) mass is 264 g/mol. The summed E-state index contributed by atoms with van der Waals surface area (Å²) in [4.78, 5) is 15.1. The van der Waals surface area contributed by atoms with Crippen LogP contribution in [0.15, 0.2) is 6.33 Å². The van der Waals surface area contributed by atoms with Crippen LogP contribution >= 0.6 is 0 Å². The zero-order valence-electron chi connectivity index (χ0n) is 11.1. The molecule has 0 fully saturated rings. The highest BCUT2D eigenvalue weighted by molar-refractivity contribution is 5.86. The fourth-order valence-electron chi connectivity index (χ4n) is 1.75. The maximum atomic E-state index is 10.9. The molecule has 19 heavy (non-hydrogen) atoms. The largest absolute Gasteiger partial charge is 0.476 e. The van der Waals surface area contributed by atoms with Crippen LogP contribution in [0.3, 0.4) is 0 Å². The molecule has 0 spiro atoms. The Balaban J connectivity index is 2.22. The molecule has 0 aliphatic heterocycles. The Morgan fingerprint density at radius 3 is 2.74 bits per heavy atom. The van der Waals surface area contributed by atoms with Crippen molar-refractivity contribution in [2.75, 3.05) is 0 Å². The van der Waals surface area contributed by atoms with Crippen molar-refractivity contribution >= 4 is 5.97 Å². The van der Waals surface area contributed by atoms with Crippen LogP contribution in [0.5, 0.6) is 0 Å². The molecule has 2 rings (SSSR count). The van der Waals surface area contributed by atoms with Crippen molar-refractivity contribution in [2.45, 2.75) is 33.9 Å². The molecule has 8 nitrogen and oxygen atoms in total. The van der Waals surface area contributed by atoms with Crippen molar-refractivity contribution < 1.29 is 9.90 Å². The van der Waals surface area contributed by atoms with Gasteiger partial charge in [-0.1, -0.05) is 19.1 Å². The number of carboxylic acid groups (broad SMARTS) is 1. The van der Waals surface area contributed by atoms with Crippen LogP contribution in [-0.4, -0.2) is 40.8 Å². The van der Waals surface area contributed by atoms with Crippen LogP contribution in [0.25, 0.3) is 0 Å². The van der Waals surface area contributed by atoms with Gasteiger partial charge in [-0.05, 0) is 12.8 Å². The number of carbonyl (C=O) groups is 1. The first-order valence-electron chi connectivity index (χ1n) is 5.99. The molecule has 0 saturated heterocycles. The molecule has 2 aromatic heterocycles. The quantitative estimate of drug-likeness (QED) is 0.848. The van der Waals surface area contributed by atoms with E-state index in [0.29, 0.717) is 18.2 Å². The van der Waals surface area contributed by atoms with E-state index in [2.05, 4.69) is 34.2 Å². The second kappa shape index (κ2) is 5.17. The fourth-order valence-corrected chi connectivity index (χ4v) is 1.75. The smallest absolute Gasteiger partial charge is 0.358 e. The Morgan fingerprint density at radius 2 is 2.16 bits per heavy atom. The minimum absolute atomic E-state index is 0.0325. The van der Waals surface area contributed by atoms with Crippen LogP contribution < -0.4 is 0 Å². The van der Waals surface area contributed by atoms with Gasteiger partial charge in [0.1, 0.15) is 18.7 Å². The van der Waals surface area contributed by atoms with E-state index in [1.54, 1.807) is 11.6 Å². The number of aromatic carboxylic acids is 1. The number of nitrogens with zero attached hydrogens (tertiary/aromatic N) is 6. The van der Waals surface area contributed by atoms with Crippen LogP contribution in [0.1, 0.15) is 35.9 Å². The van der Waals surface area contributed by atoms with Crippen LogP contribution in [0.4, 0.5) is 0 Å². The van der Waals surface area contributed by atoms with Crippen LogP contribution in [-0.2, 0) is 13.1 Å². The normalized spacial score (nSPS) is 11.2. The lowest BCUT2D eigenvalue weighted by Crippen LogP contribution is -2.15. The van der Waals surface area contributed by atoms with Gasteiger partial charge < -0.3 is 5.11 Å². The van der Waals surface area contributed by atoms with Gasteiger partial charge in [-0.2, -0.15) is 5.10 Å². The Kier molecular flexibility index (Phi) is 3.59.